The minimum Gasteiger partial charge on any atom is -0.481 e. The summed E-state index contributed by atoms with van der Waals surface area (Å²) in [7, 11) is 0. The molecule has 0 unspecified atom stereocenters. The maximum absolute atomic E-state index is 12.8. The first kappa shape index (κ1) is 16.8. The third-order valence-corrected chi connectivity index (χ3v) is 1.94. The van der Waals surface area contributed by atoms with E-state index in [0.29, 0.717) is 0 Å². The third kappa shape index (κ3) is 2.80. The molecule has 18 heavy (non-hydrogen) atoms. The van der Waals surface area contributed by atoms with Crippen LogP contribution in [0.3, 0.4) is 0 Å². The standard InChI is InChI=1S/C7H5F9O2/c8-4(9,2-1-3(17)18)5(10,6(11,12)13)7(14,15)16/h1-2H2,(H,17,18). The molecule has 0 aliphatic rings. The van der Waals surface area contributed by atoms with Gasteiger partial charge in [-0.25, -0.2) is 13.2 Å². The van der Waals surface area contributed by atoms with Crippen molar-refractivity contribution < 1.29 is 49.4 Å². The van der Waals surface area contributed by atoms with E-state index in [1.165, 1.54) is 0 Å². The minimum absolute atomic E-state index is 1.75. The van der Waals surface area contributed by atoms with Gasteiger partial charge in [0.2, 0.25) is 0 Å². The van der Waals surface area contributed by atoms with Crippen LogP contribution in [0.1, 0.15) is 12.8 Å². The Bertz CT molecular complexity index is 302. The molecule has 0 atom stereocenters. The molecule has 0 aromatic rings. The molecule has 0 spiro atoms. The molecule has 0 aliphatic heterocycles. The van der Waals surface area contributed by atoms with Crippen molar-refractivity contribution in [3.63, 3.8) is 0 Å². The normalized spacial score (nSPS) is 14.7. The van der Waals surface area contributed by atoms with Crippen molar-refractivity contribution in [2.24, 2.45) is 0 Å². The third-order valence-electron chi connectivity index (χ3n) is 1.94. The first-order valence-corrected chi connectivity index (χ1v) is 4.09. The van der Waals surface area contributed by atoms with Gasteiger partial charge in [-0.15, -0.1) is 0 Å². The Balaban J connectivity index is 5.54. The Labute approximate surface area is 93.4 Å². The summed E-state index contributed by atoms with van der Waals surface area (Å²) in [6.07, 6.45) is -18.0. The van der Waals surface area contributed by atoms with Crippen molar-refractivity contribution in [3.8, 4) is 0 Å². The predicted octanol–water partition coefficient (Wildman–Crippen LogP) is 3.32. The lowest BCUT2D eigenvalue weighted by atomic mass is 9.92. The molecule has 0 radical (unpaired) electrons. The van der Waals surface area contributed by atoms with E-state index in [4.69, 9.17) is 5.11 Å². The van der Waals surface area contributed by atoms with Crippen LogP contribution in [-0.2, 0) is 4.79 Å². The second-order valence-corrected chi connectivity index (χ2v) is 3.25. The number of hydrogen-bond acceptors (Lipinski definition) is 1. The van der Waals surface area contributed by atoms with Gasteiger partial charge >= 0.3 is 24.0 Å². The summed E-state index contributed by atoms with van der Waals surface area (Å²) in [5.41, 5.74) is -6.79. The Morgan fingerprint density at radius 3 is 1.39 bits per heavy atom. The Morgan fingerprint density at radius 1 is 0.833 bits per heavy atom. The number of rotatable bonds is 4. The molecule has 0 saturated carbocycles. The lowest BCUT2D eigenvalue weighted by Gasteiger charge is -2.35. The summed E-state index contributed by atoms with van der Waals surface area (Å²) in [4.78, 5) is 9.85. The van der Waals surface area contributed by atoms with E-state index >= 15 is 0 Å². The second kappa shape index (κ2) is 4.50. The SMILES string of the molecule is O=C(O)CCC(F)(F)C(F)(C(F)(F)F)C(F)(F)F. The number of halogens is 9. The lowest BCUT2D eigenvalue weighted by Crippen LogP contribution is -2.64. The van der Waals surface area contributed by atoms with Gasteiger partial charge in [0.05, 0.1) is 6.42 Å². The Hall–Kier alpha value is -1.16. The van der Waals surface area contributed by atoms with Crippen LogP contribution in [0.4, 0.5) is 39.5 Å². The highest BCUT2D eigenvalue weighted by atomic mass is 19.4. The van der Waals surface area contributed by atoms with Gasteiger partial charge in [0.15, 0.2) is 0 Å². The van der Waals surface area contributed by atoms with Crippen LogP contribution >= 0.6 is 0 Å². The topological polar surface area (TPSA) is 37.3 Å². The van der Waals surface area contributed by atoms with E-state index in [2.05, 4.69) is 0 Å². The van der Waals surface area contributed by atoms with Crippen molar-refractivity contribution in [1.29, 1.82) is 0 Å². The van der Waals surface area contributed by atoms with Crippen LogP contribution in [-0.4, -0.2) is 35.0 Å². The van der Waals surface area contributed by atoms with E-state index in [1.54, 1.807) is 0 Å². The predicted molar refractivity (Wildman–Crippen MR) is 37.8 cm³/mol. The van der Waals surface area contributed by atoms with E-state index in [-0.39, 0.29) is 0 Å². The summed E-state index contributed by atoms with van der Waals surface area (Å²) in [6, 6.07) is 0. The minimum atomic E-state index is -6.92. The quantitative estimate of drug-likeness (QED) is 0.807. The van der Waals surface area contributed by atoms with Crippen LogP contribution < -0.4 is 0 Å². The summed E-state index contributed by atoms with van der Waals surface area (Å²) >= 11 is 0. The van der Waals surface area contributed by atoms with Gasteiger partial charge in [-0.3, -0.25) is 4.79 Å². The smallest absolute Gasteiger partial charge is 0.437 e. The Morgan fingerprint density at radius 2 is 1.17 bits per heavy atom. The number of carboxylic acid groups (broad SMARTS) is 1. The van der Waals surface area contributed by atoms with E-state index in [9.17, 15) is 44.3 Å². The highest BCUT2D eigenvalue weighted by molar-refractivity contribution is 5.66. The number of alkyl halides is 9. The fraction of sp³-hybridized carbons (Fsp3) is 0.857. The molecular weight excluding hydrogens is 287 g/mol. The molecule has 0 amide bonds. The van der Waals surface area contributed by atoms with Crippen LogP contribution in [0.25, 0.3) is 0 Å². The summed E-state index contributed by atoms with van der Waals surface area (Å²) in [5.74, 6) is -8.02. The monoisotopic (exact) mass is 292 g/mol. The van der Waals surface area contributed by atoms with Crippen LogP contribution in [0.15, 0.2) is 0 Å². The van der Waals surface area contributed by atoms with Gasteiger partial charge in [-0.05, 0) is 0 Å². The number of carbonyl (C=O) groups is 1. The molecule has 0 bridgehead atoms. The molecule has 2 nitrogen and oxygen atoms in total. The molecule has 1 N–H and O–H groups in total. The molecule has 0 aromatic carbocycles. The van der Waals surface area contributed by atoms with Crippen molar-refractivity contribution in [2.45, 2.75) is 36.8 Å². The summed E-state index contributed by atoms with van der Waals surface area (Å²) in [5, 5.41) is 7.93. The molecule has 0 heterocycles. The highest BCUT2D eigenvalue weighted by Gasteiger charge is 2.83. The number of aliphatic carboxylic acids is 1. The molecular formula is C7H5F9O2. The molecule has 0 fully saturated rings. The zero-order valence-electron chi connectivity index (χ0n) is 8.17. The van der Waals surface area contributed by atoms with Gasteiger partial charge in [0, 0.05) is 6.42 Å². The number of carboxylic acids is 1. The van der Waals surface area contributed by atoms with Crippen molar-refractivity contribution in [3.05, 3.63) is 0 Å². The van der Waals surface area contributed by atoms with Crippen LogP contribution in [0.2, 0.25) is 0 Å². The fourth-order valence-electron chi connectivity index (χ4n) is 1.01. The first-order valence-electron chi connectivity index (χ1n) is 4.09. The lowest BCUT2D eigenvalue weighted by molar-refractivity contribution is -0.397. The molecule has 0 aliphatic carbocycles. The Kier molecular flexibility index (Phi) is 4.21. The van der Waals surface area contributed by atoms with Gasteiger partial charge in [-0.1, -0.05) is 0 Å². The molecule has 11 heteroatoms. The van der Waals surface area contributed by atoms with E-state index in [0.717, 1.165) is 0 Å². The molecule has 0 rings (SSSR count). The zero-order valence-corrected chi connectivity index (χ0v) is 8.17. The van der Waals surface area contributed by atoms with Gasteiger partial charge in [0.1, 0.15) is 0 Å². The van der Waals surface area contributed by atoms with Gasteiger partial charge in [-0.2, -0.15) is 26.3 Å². The van der Waals surface area contributed by atoms with Crippen LogP contribution in [0.5, 0.6) is 0 Å². The second-order valence-electron chi connectivity index (χ2n) is 3.25. The maximum atomic E-state index is 12.8. The van der Waals surface area contributed by atoms with Crippen LogP contribution in [0, 0.1) is 0 Å². The highest BCUT2D eigenvalue weighted by Crippen LogP contribution is 2.55. The zero-order chi connectivity index (χ0) is 15.0. The average Bonchev–Trinajstić information content (AvgIpc) is 2.09. The van der Waals surface area contributed by atoms with Crippen molar-refractivity contribution >= 4 is 5.97 Å². The largest absolute Gasteiger partial charge is 0.481 e. The summed E-state index contributed by atoms with van der Waals surface area (Å²) in [6.45, 7) is 0. The van der Waals surface area contributed by atoms with Gasteiger partial charge in [0.25, 0.3) is 5.92 Å². The molecule has 108 valence electrons. The van der Waals surface area contributed by atoms with Gasteiger partial charge < -0.3 is 5.11 Å². The van der Waals surface area contributed by atoms with Crippen molar-refractivity contribution in [2.75, 3.05) is 0 Å². The summed E-state index contributed by atoms with van der Waals surface area (Å²) < 4.78 is 110. The first-order chi connectivity index (χ1) is 7.67. The average molecular weight is 292 g/mol. The van der Waals surface area contributed by atoms with Crippen molar-refractivity contribution in [1.82, 2.24) is 0 Å². The van der Waals surface area contributed by atoms with E-state index < -0.39 is 42.8 Å². The maximum Gasteiger partial charge on any atom is 0.437 e. The van der Waals surface area contributed by atoms with E-state index in [1.807, 2.05) is 0 Å². The number of hydrogen-bond donors (Lipinski definition) is 1. The molecule has 0 saturated heterocycles. The fourth-order valence-corrected chi connectivity index (χ4v) is 1.01. The molecule has 0 aromatic heterocycles.